The van der Waals surface area contributed by atoms with Crippen LogP contribution in [0.25, 0.3) is 0 Å². The summed E-state index contributed by atoms with van der Waals surface area (Å²) in [5, 5.41) is 0. The van der Waals surface area contributed by atoms with Gasteiger partial charge in [0.25, 0.3) is 0 Å². The summed E-state index contributed by atoms with van der Waals surface area (Å²) in [6.07, 6.45) is 3.31. The van der Waals surface area contributed by atoms with E-state index in [1.54, 1.807) is 0 Å². The second-order valence-corrected chi connectivity index (χ2v) is 5.09. The number of nitrogens with zero attached hydrogens (tertiary/aromatic N) is 1. The molecule has 0 saturated heterocycles. The van der Waals surface area contributed by atoms with Gasteiger partial charge >= 0.3 is 0 Å². The summed E-state index contributed by atoms with van der Waals surface area (Å²) in [5.74, 6) is 0. The van der Waals surface area contributed by atoms with Gasteiger partial charge in [0.15, 0.2) is 0 Å². The molecular weight excluding hydrogens is 200 g/mol. The zero-order valence-corrected chi connectivity index (χ0v) is 8.42. The van der Waals surface area contributed by atoms with E-state index in [-0.39, 0.29) is 10.9 Å². The van der Waals surface area contributed by atoms with Crippen LogP contribution in [-0.4, -0.2) is 19.4 Å². The minimum absolute atomic E-state index is 0.126. The Balaban J connectivity index is 2.28. The monoisotopic (exact) mass is 211 g/mol. The molecule has 1 heterocycles. The molecule has 0 aliphatic heterocycles. The smallest absolute Gasteiger partial charge is 0.240 e. The summed E-state index contributed by atoms with van der Waals surface area (Å²) in [5.41, 5.74) is 0.462. The average Bonchev–Trinajstić information content (AvgIpc) is 2.87. The molecule has 4 nitrogen and oxygen atoms in total. The molecule has 1 fully saturated rings. The summed E-state index contributed by atoms with van der Waals surface area (Å²) in [6.45, 7) is 3.59. The third-order valence-electron chi connectivity index (χ3n) is 2.00. The van der Waals surface area contributed by atoms with Gasteiger partial charge in [-0.2, -0.15) is 0 Å². The van der Waals surface area contributed by atoms with Gasteiger partial charge in [0, 0.05) is 17.9 Å². The maximum atomic E-state index is 11.7. The topological polar surface area (TPSA) is 59.1 Å². The van der Waals surface area contributed by atoms with Crippen molar-refractivity contribution in [1.82, 2.24) is 9.71 Å². The molecule has 1 saturated carbocycles. The predicted octanol–water partition coefficient (Wildman–Crippen LogP) is 0.704. The minimum Gasteiger partial charge on any atom is -0.261 e. The lowest BCUT2D eigenvalue weighted by Crippen LogP contribution is -2.25. The van der Waals surface area contributed by atoms with Gasteiger partial charge < -0.3 is 0 Å². The Morgan fingerprint density at radius 2 is 2.21 bits per heavy atom. The van der Waals surface area contributed by atoms with Gasteiger partial charge in [-0.15, -0.1) is 0 Å². The molecule has 0 unspecified atom stereocenters. The van der Waals surface area contributed by atoms with Gasteiger partial charge in [0.2, 0.25) is 10.0 Å². The lowest BCUT2D eigenvalue weighted by atomic mass is 10.4. The molecule has 2 rings (SSSR count). The van der Waals surface area contributed by atoms with Crippen molar-refractivity contribution in [3.8, 4) is 0 Å². The molecule has 1 aromatic heterocycles. The number of pyridine rings is 1. The van der Waals surface area contributed by atoms with E-state index in [4.69, 9.17) is 0 Å². The van der Waals surface area contributed by atoms with Crippen LogP contribution in [0.1, 0.15) is 18.5 Å². The molecule has 1 aromatic rings. The van der Waals surface area contributed by atoms with Crippen molar-refractivity contribution in [2.24, 2.45) is 0 Å². The first-order chi connectivity index (χ1) is 6.58. The lowest BCUT2D eigenvalue weighted by Gasteiger charge is -2.04. The molecule has 1 aliphatic rings. The maximum absolute atomic E-state index is 11.7. The Labute approximate surface area is 83.4 Å². The number of aromatic nitrogens is 1. The van der Waals surface area contributed by atoms with E-state index in [1.165, 1.54) is 18.3 Å². The van der Waals surface area contributed by atoms with E-state index < -0.39 is 10.0 Å². The Bertz CT molecular complexity index is 438. The molecule has 0 atom stereocenters. The molecule has 1 radical (unpaired) electrons. The highest BCUT2D eigenvalue weighted by Crippen LogP contribution is 2.22. The average molecular weight is 211 g/mol. The van der Waals surface area contributed by atoms with E-state index in [0.717, 1.165) is 12.8 Å². The Morgan fingerprint density at radius 3 is 2.79 bits per heavy atom. The largest absolute Gasteiger partial charge is 0.261 e. The van der Waals surface area contributed by atoms with Gasteiger partial charge in [0.05, 0.1) is 4.90 Å². The lowest BCUT2D eigenvalue weighted by molar-refractivity contribution is 0.581. The predicted molar refractivity (Wildman–Crippen MR) is 52.0 cm³/mol. The van der Waals surface area contributed by atoms with Gasteiger partial charge in [-0.1, -0.05) is 0 Å². The van der Waals surface area contributed by atoms with Crippen molar-refractivity contribution in [3.63, 3.8) is 0 Å². The highest BCUT2D eigenvalue weighted by molar-refractivity contribution is 7.89. The Hall–Kier alpha value is -0.940. The second-order valence-electron chi connectivity index (χ2n) is 3.38. The third kappa shape index (κ3) is 2.10. The van der Waals surface area contributed by atoms with Crippen LogP contribution in [0.15, 0.2) is 23.2 Å². The van der Waals surface area contributed by atoms with Crippen LogP contribution in [0, 0.1) is 6.92 Å². The first-order valence-corrected chi connectivity index (χ1v) is 5.86. The van der Waals surface area contributed by atoms with Crippen LogP contribution in [0.2, 0.25) is 0 Å². The van der Waals surface area contributed by atoms with Crippen molar-refractivity contribution in [3.05, 3.63) is 30.9 Å². The van der Waals surface area contributed by atoms with E-state index >= 15 is 0 Å². The van der Waals surface area contributed by atoms with E-state index in [9.17, 15) is 8.42 Å². The fourth-order valence-electron chi connectivity index (χ4n) is 1.11. The first-order valence-electron chi connectivity index (χ1n) is 4.38. The zero-order chi connectivity index (χ0) is 10.2. The number of sulfonamides is 1. The SMILES string of the molecule is [CH2]c1cc(S(=O)(=O)NC2CC2)ccn1. The molecule has 5 heteroatoms. The third-order valence-corrected chi connectivity index (χ3v) is 3.52. The molecule has 0 aromatic carbocycles. The zero-order valence-electron chi connectivity index (χ0n) is 7.60. The van der Waals surface area contributed by atoms with Crippen LogP contribution < -0.4 is 4.72 Å². The fraction of sp³-hybridized carbons (Fsp3) is 0.333. The molecule has 75 valence electrons. The summed E-state index contributed by atoms with van der Waals surface area (Å²) in [4.78, 5) is 4.08. The van der Waals surface area contributed by atoms with Crippen molar-refractivity contribution < 1.29 is 8.42 Å². The number of hydrogen-bond acceptors (Lipinski definition) is 3. The van der Waals surface area contributed by atoms with Gasteiger partial charge in [0.1, 0.15) is 0 Å². The van der Waals surface area contributed by atoms with Crippen molar-refractivity contribution >= 4 is 10.0 Å². The number of nitrogens with one attached hydrogen (secondary N) is 1. The van der Waals surface area contributed by atoms with Crippen molar-refractivity contribution in [2.45, 2.75) is 23.8 Å². The van der Waals surface area contributed by atoms with Crippen LogP contribution in [0.4, 0.5) is 0 Å². The first kappa shape index (κ1) is 9.61. The van der Waals surface area contributed by atoms with Crippen LogP contribution >= 0.6 is 0 Å². The molecule has 0 amide bonds. The molecule has 0 bridgehead atoms. The van der Waals surface area contributed by atoms with Crippen LogP contribution in [0.5, 0.6) is 0 Å². The van der Waals surface area contributed by atoms with Crippen molar-refractivity contribution in [2.75, 3.05) is 0 Å². The molecule has 1 N–H and O–H groups in total. The summed E-state index contributed by atoms with van der Waals surface area (Å²) < 4.78 is 25.9. The summed E-state index contributed by atoms with van der Waals surface area (Å²) in [7, 11) is -3.35. The van der Waals surface area contributed by atoms with Gasteiger partial charge in [-0.3, -0.25) is 4.98 Å². The summed E-state index contributed by atoms with van der Waals surface area (Å²) in [6, 6.07) is 3.06. The number of hydrogen-bond donors (Lipinski definition) is 1. The van der Waals surface area contributed by atoms with E-state index in [2.05, 4.69) is 16.6 Å². The van der Waals surface area contributed by atoms with Crippen LogP contribution in [0.3, 0.4) is 0 Å². The molecule has 14 heavy (non-hydrogen) atoms. The standard InChI is InChI=1S/C9H11N2O2S/c1-7-6-9(4-5-10-7)14(12,13)11-8-2-3-8/h4-6,8,11H,1-3H2. The maximum Gasteiger partial charge on any atom is 0.240 e. The fourth-order valence-corrected chi connectivity index (χ4v) is 2.45. The second kappa shape index (κ2) is 3.33. The molecule has 1 aliphatic carbocycles. The minimum atomic E-state index is -3.35. The highest BCUT2D eigenvalue weighted by Gasteiger charge is 2.27. The number of rotatable bonds is 3. The molecular formula is C9H11N2O2S. The summed E-state index contributed by atoms with van der Waals surface area (Å²) >= 11 is 0. The molecule has 0 spiro atoms. The Kier molecular flexibility index (Phi) is 2.28. The van der Waals surface area contributed by atoms with E-state index in [0.29, 0.717) is 5.69 Å². The quantitative estimate of drug-likeness (QED) is 0.800. The normalized spacial score (nSPS) is 16.9. The van der Waals surface area contributed by atoms with Gasteiger partial charge in [-0.05, 0) is 31.9 Å². The highest BCUT2D eigenvalue weighted by atomic mass is 32.2. The van der Waals surface area contributed by atoms with Crippen molar-refractivity contribution in [1.29, 1.82) is 0 Å². The van der Waals surface area contributed by atoms with Gasteiger partial charge in [-0.25, -0.2) is 13.1 Å². The van der Waals surface area contributed by atoms with E-state index in [1.807, 2.05) is 0 Å². The van der Waals surface area contributed by atoms with Crippen LogP contribution in [-0.2, 0) is 10.0 Å². The Morgan fingerprint density at radius 1 is 1.50 bits per heavy atom.